The highest BCUT2D eigenvalue weighted by atomic mass is 35.5. The van der Waals surface area contributed by atoms with Gasteiger partial charge in [-0.1, -0.05) is 29.3 Å². The lowest BCUT2D eigenvalue weighted by Gasteiger charge is -2.36. The van der Waals surface area contributed by atoms with Crippen LogP contribution in [0.4, 0.5) is 0 Å². The monoisotopic (exact) mass is 446 g/mol. The number of hydrogen-bond acceptors (Lipinski definition) is 4. The molecule has 1 aromatic carbocycles. The first-order valence-corrected chi connectivity index (χ1v) is 10.4. The van der Waals surface area contributed by atoms with E-state index in [1.807, 2.05) is 17.0 Å². The van der Waals surface area contributed by atoms with Gasteiger partial charge < -0.3 is 14.9 Å². The molecule has 0 spiro atoms. The van der Waals surface area contributed by atoms with Gasteiger partial charge in [-0.2, -0.15) is 0 Å². The Kier molecular flexibility index (Phi) is 5.66. The molecular weight excluding hydrogens is 427 g/mol. The average Bonchev–Trinajstić information content (AvgIpc) is 3.55. The van der Waals surface area contributed by atoms with Crippen LogP contribution in [-0.4, -0.2) is 69.3 Å². The largest absolute Gasteiger partial charge is 0.479 e. The van der Waals surface area contributed by atoms with Crippen LogP contribution in [0.3, 0.4) is 0 Å². The zero-order chi connectivity index (χ0) is 21.3. The number of halogens is 2. The summed E-state index contributed by atoms with van der Waals surface area (Å²) < 4.78 is 0. The average molecular weight is 447 g/mol. The number of carbonyl (C=O) groups excluding carboxylic acids is 1. The lowest BCUT2D eigenvalue weighted by Crippen LogP contribution is -2.51. The van der Waals surface area contributed by atoms with Crippen molar-refractivity contribution in [1.29, 1.82) is 0 Å². The number of amidine groups is 1. The van der Waals surface area contributed by atoms with Crippen molar-refractivity contribution in [3.8, 4) is 0 Å². The quantitative estimate of drug-likeness (QED) is 0.575. The topological polar surface area (TPSA) is 86.1 Å². The van der Waals surface area contributed by atoms with E-state index < -0.39 is 11.5 Å². The number of carboxylic acid groups (broad SMARTS) is 1. The smallest absolute Gasteiger partial charge is 0.331 e. The zero-order valence-electron chi connectivity index (χ0n) is 16.1. The van der Waals surface area contributed by atoms with Crippen molar-refractivity contribution in [2.45, 2.75) is 18.4 Å². The molecule has 7 nitrogen and oxygen atoms in total. The van der Waals surface area contributed by atoms with Crippen LogP contribution in [0.1, 0.15) is 28.9 Å². The first-order valence-electron chi connectivity index (χ1n) is 9.63. The standard InChI is InChI=1S/C21H20Cl2N4O3/c22-14-4-5-16(23)15(13-14)19(28)27-11-9-26(10-12-27)18(17-3-1-2-8-24-17)25-21(6-7-21)20(29)30/h1-5,8,13H,6-7,9-12H2,(H,29,30). The van der Waals surface area contributed by atoms with Gasteiger partial charge in [0.2, 0.25) is 0 Å². The van der Waals surface area contributed by atoms with Crippen molar-refractivity contribution in [2.75, 3.05) is 26.2 Å². The normalized spacial score (nSPS) is 18.3. The van der Waals surface area contributed by atoms with E-state index in [1.165, 1.54) is 0 Å². The third-order valence-corrected chi connectivity index (χ3v) is 5.93. The summed E-state index contributed by atoms with van der Waals surface area (Å²) >= 11 is 12.2. The predicted molar refractivity (Wildman–Crippen MR) is 114 cm³/mol. The lowest BCUT2D eigenvalue weighted by atomic mass is 10.1. The molecule has 2 heterocycles. The molecule has 1 N–H and O–H groups in total. The maximum absolute atomic E-state index is 12.9. The second kappa shape index (κ2) is 8.24. The number of aliphatic imine (C=N–C) groups is 1. The van der Waals surface area contributed by atoms with Crippen molar-refractivity contribution in [3.63, 3.8) is 0 Å². The molecule has 1 amide bonds. The van der Waals surface area contributed by atoms with E-state index in [-0.39, 0.29) is 5.91 Å². The Balaban J connectivity index is 1.53. The molecule has 1 aliphatic carbocycles. The van der Waals surface area contributed by atoms with Gasteiger partial charge in [-0.25, -0.2) is 9.79 Å². The minimum absolute atomic E-state index is 0.178. The summed E-state index contributed by atoms with van der Waals surface area (Å²) in [4.78, 5) is 37.2. The van der Waals surface area contributed by atoms with Gasteiger partial charge in [-0.05, 0) is 43.2 Å². The van der Waals surface area contributed by atoms with E-state index >= 15 is 0 Å². The summed E-state index contributed by atoms with van der Waals surface area (Å²) in [5.74, 6) is -0.536. The van der Waals surface area contributed by atoms with E-state index in [2.05, 4.69) is 9.98 Å². The molecule has 30 heavy (non-hydrogen) atoms. The van der Waals surface area contributed by atoms with E-state index in [4.69, 9.17) is 23.2 Å². The van der Waals surface area contributed by atoms with Gasteiger partial charge in [0.15, 0.2) is 11.4 Å². The maximum atomic E-state index is 12.9. The van der Waals surface area contributed by atoms with E-state index in [1.54, 1.807) is 35.4 Å². The third kappa shape index (κ3) is 4.13. The van der Waals surface area contributed by atoms with E-state index in [0.717, 1.165) is 0 Å². The van der Waals surface area contributed by atoms with Gasteiger partial charge in [0, 0.05) is 37.4 Å². The van der Waals surface area contributed by atoms with Crippen LogP contribution in [-0.2, 0) is 4.79 Å². The highest BCUT2D eigenvalue weighted by molar-refractivity contribution is 6.35. The van der Waals surface area contributed by atoms with Gasteiger partial charge >= 0.3 is 5.97 Å². The summed E-state index contributed by atoms with van der Waals surface area (Å²) in [6.07, 6.45) is 2.70. The second-order valence-electron chi connectivity index (χ2n) is 7.39. The lowest BCUT2D eigenvalue weighted by molar-refractivity contribution is -0.139. The van der Waals surface area contributed by atoms with Crippen LogP contribution in [0.25, 0.3) is 0 Å². The molecule has 156 valence electrons. The van der Waals surface area contributed by atoms with Crippen LogP contribution in [0, 0.1) is 0 Å². The van der Waals surface area contributed by atoms with E-state index in [9.17, 15) is 14.7 Å². The molecule has 0 atom stereocenters. The summed E-state index contributed by atoms with van der Waals surface area (Å²) in [6.45, 7) is 1.92. The molecule has 1 saturated heterocycles. The fourth-order valence-electron chi connectivity index (χ4n) is 3.43. The molecule has 0 radical (unpaired) electrons. The van der Waals surface area contributed by atoms with Gasteiger partial charge in [-0.3, -0.25) is 9.78 Å². The van der Waals surface area contributed by atoms with Crippen LogP contribution >= 0.6 is 23.2 Å². The number of aliphatic carboxylic acids is 1. The fraction of sp³-hybridized carbons (Fsp3) is 0.333. The van der Waals surface area contributed by atoms with Crippen molar-refractivity contribution in [1.82, 2.24) is 14.8 Å². The molecule has 1 aromatic heterocycles. The Bertz CT molecular complexity index is 1000. The summed E-state index contributed by atoms with van der Waals surface area (Å²) in [5, 5.41) is 10.4. The molecule has 1 saturated carbocycles. The Labute approximate surface area is 183 Å². The molecule has 2 aliphatic rings. The minimum atomic E-state index is -1.06. The summed E-state index contributed by atoms with van der Waals surface area (Å²) in [6, 6.07) is 10.3. The number of carbonyl (C=O) groups is 2. The first kappa shape index (κ1) is 20.6. The molecule has 0 unspecified atom stereocenters. The Hall–Kier alpha value is -2.64. The number of aromatic nitrogens is 1. The Morgan fingerprint density at radius 2 is 1.73 bits per heavy atom. The number of nitrogens with zero attached hydrogens (tertiary/aromatic N) is 4. The Morgan fingerprint density at radius 1 is 1.03 bits per heavy atom. The SMILES string of the molecule is O=C(c1cc(Cl)ccc1Cl)N1CCN(C(=NC2(C(=O)O)CC2)c2ccccn2)CC1. The van der Waals surface area contributed by atoms with Crippen molar-refractivity contribution >= 4 is 40.9 Å². The maximum Gasteiger partial charge on any atom is 0.331 e. The number of rotatable bonds is 4. The van der Waals surface area contributed by atoms with E-state index in [0.29, 0.717) is 66.2 Å². The minimum Gasteiger partial charge on any atom is -0.479 e. The molecule has 1 aliphatic heterocycles. The summed E-state index contributed by atoms with van der Waals surface area (Å²) in [7, 11) is 0. The van der Waals surface area contributed by atoms with Crippen molar-refractivity contribution in [2.24, 2.45) is 4.99 Å². The predicted octanol–water partition coefficient (Wildman–Crippen LogP) is 3.21. The number of amides is 1. The number of hydrogen-bond donors (Lipinski definition) is 1. The van der Waals surface area contributed by atoms with Crippen LogP contribution < -0.4 is 0 Å². The van der Waals surface area contributed by atoms with Crippen LogP contribution in [0.15, 0.2) is 47.6 Å². The first-order chi connectivity index (χ1) is 14.4. The summed E-state index contributed by atoms with van der Waals surface area (Å²) in [5.41, 5.74) is -0.0598. The van der Waals surface area contributed by atoms with Crippen molar-refractivity contribution in [3.05, 3.63) is 63.9 Å². The molecule has 9 heteroatoms. The number of carboxylic acids is 1. The van der Waals surface area contributed by atoms with Gasteiger partial charge in [-0.15, -0.1) is 0 Å². The highest BCUT2D eigenvalue weighted by Crippen LogP contribution is 2.40. The Morgan fingerprint density at radius 3 is 2.33 bits per heavy atom. The number of piperazine rings is 1. The molecule has 2 fully saturated rings. The number of benzene rings is 1. The van der Waals surface area contributed by atoms with Crippen molar-refractivity contribution < 1.29 is 14.7 Å². The van der Waals surface area contributed by atoms with Gasteiger partial charge in [0.25, 0.3) is 5.91 Å². The molecular formula is C21H20Cl2N4O3. The highest BCUT2D eigenvalue weighted by Gasteiger charge is 2.51. The van der Waals surface area contributed by atoms with Gasteiger partial charge in [0.05, 0.1) is 10.6 Å². The van der Waals surface area contributed by atoms with Gasteiger partial charge in [0.1, 0.15) is 5.69 Å². The zero-order valence-corrected chi connectivity index (χ0v) is 17.6. The molecule has 2 aromatic rings. The third-order valence-electron chi connectivity index (χ3n) is 5.36. The van der Waals surface area contributed by atoms with Crippen LogP contribution in [0.2, 0.25) is 10.0 Å². The van der Waals surface area contributed by atoms with Crippen LogP contribution in [0.5, 0.6) is 0 Å². The second-order valence-corrected chi connectivity index (χ2v) is 8.23. The molecule has 4 rings (SSSR count). The molecule has 0 bridgehead atoms. The number of pyridine rings is 1. The fourth-order valence-corrected chi connectivity index (χ4v) is 3.80.